The highest BCUT2D eigenvalue weighted by Gasteiger charge is 2.17. The Balaban J connectivity index is 1.65. The number of nitrogens with zero attached hydrogens (tertiary/aromatic N) is 3. The van der Waals surface area contributed by atoms with Crippen molar-refractivity contribution in [1.82, 2.24) is 15.1 Å². The van der Waals surface area contributed by atoms with Crippen LogP contribution in [-0.4, -0.2) is 28.9 Å². The molecule has 1 unspecified atom stereocenters. The number of benzene rings is 3. The molecular formula is C26H26N4O4. The Labute approximate surface area is 197 Å². The highest BCUT2D eigenvalue weighted by atomic mass is 16.6. The van der Waals surface area contributed by atoms with E-state index in [2.05, 4.69) is 12.2 Å². The molecule has 0 aliphatic heterocycles. The summed E-state index contributed by atoms with van der Waals surface area (Å²) in [6.07, 6.45) is 1.98. The molecule has 8 heteroatoms. The molecule has 0 aliphatic carbocycles. The van der Waals surface area contributed by atoms with E-state index in [0.29, 0.717) is 6.54 Å². The molecule has 8 nitrogen and oxygen atoms in total. The molecule has 0 spiro atoms. The van der Waals surface area contributed by atoms with E-state index in [4.69, 9.17) is 14.6 Å². The van der Waals surface area contributed by atoms with Crippen LogP contribution in [0.4, 0.5) is 5.69 Å². The summed E-state index contributed by atoms with van der Waals surface area (Å²) in [6.45, 7) is 2.59. The predicted molar refractivity (Wildman–Crippen MR) is 130 cm³/mol. The summed E-state index contributed by atoms with van der Waals surface area (Å²) in [5, 5.41) is 19.4. The van der Waals surface area contributed by atoms with Crippen molar-refractivity contribution in [3.05, 3.63) is 100 Å². The van der Waals surface area contributed by atoms with Crippen molar-refractivity contribution in [3.8, 4) is 28.4 Å². The monoisotopic (exact) mass is 458 g/mol. The van der Waals surface area contributed by atoms with Crippen LogP contribution in [0.1, 0.15) is 24.1 Å². The number of aromatic nitrogens is 2. The minimum absolute atomic E-state index is 0.0326. The topological polar surface area (TPSA) is 91.5 Å². The first-order chi connectivity index (χ1) is 16.5. The molecular weight excluding hydrogens is 432 g/mol. The number of nitro benzene ring substituents is 1. The minimum atomic E-state index is -0.405. The number of nitro groups is 1. The molecule has 0 saturated heterocycles. The first-order valence-electron chi connectivity index (χ1n) is 10.8. The third-order valence-electron chi connectivity index (χ3n) is 5.66. The average Bonchev–Trinajstić information content (AvgIpc) is 3.31. The number of methoxy groups -OCH3 is 2. The van der Waals surface area contributed by atoms with Gasteiger partial charge in [0.1, 0.15) is 11.5 Å². The summed E-state index contributed by atoms with van der Waals surface area (Å²) in [7, 11) is 3.28. The molecule has 4 rings (SSSR count). The molecule has 174 valence electrons. The van der Waals surface area contributed by atoms with E-state index in [-0.39, 0.29) is 11.7 Å². The molecule has 0 bridgehead atoms. The van der Waals surface area contributed by atoms with Crippen LogP contribution in [0.25, 0.3) is 16.9 Å². The second-order valence-electron chi connectivity index (χ2n) is 7.80. The van der Waals surface area contributed by atoms with Gasteiger partial charge < -0.3 is 14.8 Å². The van der Waals surface area contributed by atoms with Crippen LogP contribution < -0.4 is 14.8 Å². The third kappa shape index (κ3) is 4.92. The summed E-state index contributed by atoms with van der Waals surface area (Å²) in [6, 6.07) is 22.0. The summed E-state index contributed by atoms with van der Waals surface area (Å²) in [5.74, 6) is 1.53. The Morgan fingerprint density at radius 3 is 2.41 bits per heavy atom. The fourth-order valence-electron chi connectivity index (χ4n) is 3.79. The molecule has 0 radical (unpaired) electrons. The average molecular weight is 459 g/mol. The molecule has 0 amide bonds. The van der Waals surface area contributed by atoms with Crippen molar-refractivity contribution in [2.75, 3.05) is 14.2 Å². The Morgan fingerprint density at radius 2 is 1.76 bits per heavy atom. The lowest BCUT2D eigenvalue weighted by atomic mass is 10.0. The van der Waals surface area contributed by atoms with Gasteiger partial charge in [-0.15, -0.1) is 0 Å². The number of hydrogen-bond acceptors (Lipinski definition) is 6. The SMILES string of the molecule is COc1ccc(OC)c(C(C)NCc2cn(-c3ccccc3)nc2-c2ccc([N+](=O)[O-])cc2)c1. The first-order valence-corrected chi connectivity index (χ1v) is 10.8. The van der Waals surface area contributed by atoms with Crippen LogP contribution in [0, 0.1) is 10.1 Å². The zero-order valence-electron chi connectivity index (χ0n) is 19.3. The van der Waals surface area contributed by atoms with Gasteiger partial charge in [0.2, 0.25) is 0 Å². The van der Waals surface area contributed by atoms with Gasteiger partial charge in [-0.05, 0) is 49.4 Å². The van der Waals surface area contributed by atoms with Gasteiger partial charge in [-0.1, -0.05) is 18.2 Å². The van der Waals surface area contributed by atoms with Gasteiger partial charge in [-0.2, -0.15) is 5.10 Å². The Morgan fingerprint density at radius 1 is 1.03 bits per heavy atom. The molecule has 34 heavy (non-hydrogen) atoms. The highest BCUT2D eigenvalue weighted by molar-refractivity contribution is 5.64. The van der Waals surface area contributed by atoms with Crippen molar-refractivity contribution in [3.63, 3.8) is 0 Å². The standard InChI is InChI=1S/C26H26N4O4/c1-18(24-15-23(33-2)13-14-25(24)34-3)27-16-20-17-29(21-7-5-4-6-8-21)28-26(20)19-9-11-22(12-10-19)30(31)32/h4-15,17-18,27H,16H2,1-3H3. The predicted octanol–water partition coefficient (Wildman–Crippen LogP) is 5.32. The normalized spacial score (nSPS) is 11.7. The van der Waals surface area contributed by atoms with Gasteiger partial charge in [0, 0.05) is 47.6 Å². The number of hydrogen-bond donors (Lipinski definition) is 1. The fourth-order valence-corrected chi connectivity index (χ4v) is 3.79. The van der Waals surface area contributed by atoms with E-state index in [9.17, 15) is 10.1 Å². The van der Waals surface area contributed by atoms with E-state index in [1.807, 2.05) is 59.4 Å². The van der Waals surface area contributed by atoms with Gasteiger partial charge in [0.25, 0.3) is 5.69 Å². The lowest BCUT2D eigenvalue weighted by Gasteiger charge is -2.18. The van der Waals surface area contributed by atoms with E-state index < -0.39 is 4.92 Å². The molecule has 1 atom stereocenters. The number of non-ortho nitro benzene ring substituents is 1. The highest BCUT2D eigenvalue weighted by Crippen LogP contribution is 2.30. The van der Waals surface area contributed by atoms with Crippen molar-refractivity contribution >= 4 is 5.69 Å². The minimum Gasteiger partial charge on any atom is -0.497 e. The number of nitrogens with one attached hydrogen (secondary N) is 1. The second-order valence-corrected chi connectivity index (χ2v) is 7.80. The lowest BCUT2D eigenvalue weighted by Crippen LogP contribution is -2.19. The zero-order chi connectivity index (χ0) is 24.1. The Bertz CT molecular complexity index is 1270. The summed E-state index contributed by atoms with van der Waals surface area (Å²) in [4.78, 5) is 10.7. The fraction of sp³-hybridized carbons (Fsp3) is 0.192. The van der Waals surface area contributed by atoms with E-state index in [1.54, 1.807) is 26.4 Å². The van der Waals surface area contributed by atoms with Gasteiger partial charge in [-0.25, -0.2) is 4.68 Å². The smallest absolute Gasteiger partial charge is 0.269 e. The number of rotatable bonds is 9. The number of para-hydroxylation sites is 1. The van der Waals surface area contributed by atoms with Crippen LogP contribution in [0.5, 0.6) is 11.5 Å². The van der Waals surface area contributed by atoms with Crippen molar-refractivity contribution in [2.24, 2.45) is 0 Å². The van der Waals surface area contributed by atoms with Crippen molar-refractivity contribution < 1.29 is 14.4 Å². The second kappa shape index (κ2) is 10.2. The quantitative estimate of drug-likeness (QED) is 0.270. The molecule has 0 aliphatic rings. The summed E-state index contributed by atoms with van der Waals surface area (Å²) >= 11 is 0. The van der Waals surface area contributed by atoms with Crippen LogP contribution in [0.2, 0.25) is 0 Å². The zero-order valence-corrected chi connectivity index (χ0v) is 19.3. The first kappa shape index (κ1) is 23.0. The number of ether oxygens (including phenoxy) is 2. The maximum Gasteiger partial charge on any atom is 0.269 e. The van der Waals surface area contributed by atoms with Gasteiger partial charge in [-0.3, -0.25) is 10.1 Å². The van der Waals surface area contributed by atoms with Gasteiger partial charge >= 0.3 is 0 Å². The molecule has 3 aromatic carbocycles. The third-order valence-corrected chi connectivity index (χ3v) is 5.66. The van der Waals surface area contributed by atoms with Crippen LogP contribution in [0.3, 0.4) is 0 Å². The van der Waals surface area contributed by atoms with Crippen LogP contribution in [-0.2, 0) is 6.54 Å². The Kier molecular flexibility index (Phi) is 6.89. The largest absolute Gasteiger partial charge is 0.497 e. The summed E-state index contributed by atoms with van der Waals surface area (Å²) in [5.41, 5.74) is 4.49. The van der Waals surface area contributed by atoms with E-state index >= 15 is 0 Å². The summed E-state index contributed by atoms with van der Waals surface area (Å²) < 4.78 is 12.7. The molecule has 0 saturated carbocycles. The van der Waals surface area contributed by atoms with Crippen LogP contribution in [0.15, 0.2) is 79.0 Å². The van der Waals surface area contributed by atoms with Crippen molar-refractivity contribution in [2.45, 2.75) is 19.5 Å². The van der Waals surface area contributed by atoms with Gasteiger partial charge in [0.15, 0.2) is 0 Å². The molecule has 1 heterocycles. The molecule has 1 N–H and O–H groups in total. The molecule has 4 aromatic rings. The Hall–Kier alpha value is -4.17. The van der Waals surface area contributed by atoms with Crippen molar-refractivity contribution in [1.29, 1.82) is 0 Å². The van der Waals surface area contributed by atoms with Gasteiger partial charge in [0.05, 0.1) is 30.5 Å². The van der Waals surface area contributed by atoms with Crippen LogP contribution >= 0.6 is 0 Å². The van der Waals surface area contributed by atoms with E-state index in [1.165, 1.54) is 12.1 Å². The molecule has 0 fully saturated rings. The van der Waals surface area contributed by atoms with E-state index in [0.717, 1.165) is 39.6 Å². The molecule has 1 aromatic heterocycles. The maximum atomic E-state index is 11.1. The lowest BCUT2D eigenvalue weighted by molar-refractivity contribution is -0.384. The maximum absolute atomic E-state index is 11.1.